The third kappa shape index (κ3) is 3.73. The van der Waals surface area contributed by atoms with Crippen LogP contribution in [-0.2, 0) is 15.1 Å². The van der Waals surface area contributed by atoms with Gasteiger partial charge in [-0.1, -0.05) is 13.8 Å². The highest BCUT2D eigenvalue weighted by Gasteiger charge is 2.36. The van der Waals surface area contributed by atoms with Crippen LogP contribution in [0.15, 0.2) is 18.2 Å². The standard InChI is InChI=1S/C14H19F2NO2/c1-9(2)8-17-14(3,13(18)19-4)10-5-11(15)7-12(16)6-10/h5-7,9,17H,8H2,1-4H3. The maximum atomic E-state index is 13.3. The summed E-state index contributed by atoms with van der Waals surface area (Å²) < 4.78 is 31.3. The quantitative estimate of drug-likeness (QED) is 0.837. The maximum Gasteiger partial charge on any atom is 0.330 e. The molecule has 0 heterocycles. The minimum Gasteiger partial charge on any atom is -0.467 e. The molecular weight excluding hydrogens is 252 g/mol. The first kappa shape index (κ1) is 15.6. The van der Waals surface area contributed by atoms with Crippen LogP contribution < -0.4 is 5.32 Å². The zero-order valence-electron chi connectivity index (χ0n) is 11.6. The van der Waals surface area contributed by atoms with Gasteiger partial charge in [0.1, 0.15) is 17.2 Å². The van der Waals surface area contributed by atoms with Gasteiger partial charge in [0.2, 0.25) is 0 Å². The largest absolute Gasteiger partial charge is 0.467 e. The summed E-state index contributed by atoms with van der Waals surface area (Å²) in [4.78, 5) is 11.9. The van der Waals surface area contributed by atoms with Gasteiger partial charge in [0, 0.05) is 6.07 Å². The molecule has 0 amide bonds. The van der Waals surface area contributed by atoms with Crippen LogP contribution >= 0.6 is 0 Å². The lowest BCUT2D eigenvalue weighted by Gasteiger charge is -2.29. The summed E-state index contributed by atoms with van der Waals surface area (Å²) in [6.07, 6.45) is 0. The van der Waals surface area contributed by atoms with Crippen molar-refractivity contribution in [2.45, 2.75) is 26.3 Å². The van der Waals surface area contributed by atoms with Crippen molar-refractivity contribution in [1.82, 2.24) is 5.32 Å². The van der Waals surface area contributed by atoms with E-state index in [2.05, 4.69) is 5.32 Å². The molecule has 1 unspecified atom stereocenters. The number of nitrogens with one attached hydrogen (secondary N) is 1. The molecule has 1 atom stereocenters. The summed E-state index contributed by atoms with van der Waals surface area (Å²) in [6.45, 7) is 6.01. The van der Waals surface area contributed by atoms with Crippen molar-refractivity contribution in [2.75, 3.05) is 13.7 Å². The summed E-state index contributed by atoms with van der Waals surface area (Å²) in [5, 5.41) is 3.01. The Hall–Kier alpha value is -1.49. The Bertz CT molecular complexity index is 443. The monoisotopic (exact) mass is 271 g/mol. The van der Waals surface area contributed by atoms with Gasteiger partial charge in [0.25, 0.3) is 0 Å². The molecule has 0 saturated carbocycles. The number of ether oxygens (including phenoxy) is 1. The molecule has 0 aliphatic rings. The van der Waals surface area contributed by atoms with E-state index in [4.69, 9.17) is 4.74 Å². The molecule has 3 nitrogen and oxygen atoms in total. The molecular formula is C14H19F2NO2. The molecule has 0 aromatic heterocycles. The molecule has 0 aliphatic carbocycles. The number of halogens is 2. The highest BCUT2D eigenvalue weighted by molar-refractivity contribution is 5.82. The number of esters is 1. The summed E-state index contributed by atoms with van der Waals surface area (Å²) in [6, 6.07) is 3.03. The highest BCUT2D eigenvalue weighted by atomic mass is 19.1. The van der Waals surface area contributed by atoms with Crippen molar-refractivity contribution in [3.63, 3.8) is 0 Å². The van der Waals surface area contributed by atoms with Crippen molar-refractivity contribution in [1.29, 1.82) is 0 Å². The van der Waals surface area contributed by atoms with Crippen molar-refractivity contribution < 1.29 is 18.3 Å². The van der Waals surface area contributed by atoms with Crippen molar-refractivity contribution in [3.05, 3.63) is 35.4 Å². The van der Waals surface area contributed by atoms with E-state index in [0.29, 0.717) is 6.54 Å². The molecule has 0 bridgehead atoms. The lowest BCUT2D eigenvalue weighted by Crippen LogP contribution is -2.48. The minimum absolute atomic E-state index is 0.206. The molecule has 0 fully saturated rings. The van der Waals surface area contributed by atoms with E-state index in [0.717, 1.165) is 18.2 Å². The van der Waals surface area contributed by atoms with Crippen LogP contribution in [-0.4, -0.2) is 19.6 Å². The molecule has 0 aliphatic heterocycles. The minimum atomic E-state index is -1.28. The fourth-order valence-corrected chi connectivity index (χ4v) is 1.75. The lowest BCUT2D eigenvalue weighted by atomic mass is 9.91. The number of methoxy groups -OCH3 is 1. The average Bonchev–Trinajstić information content (AvgIpc) is 2.33. The van der Waals surface area contributed by atoms with Gasteiger partial charge in [-0.25, -0.2) is 13.6 Å². The predicted octanol–water partition coefficient (Wildman–Crippen LogP) is 2.60. The fraction of sp³-hybridized carbons (Fsp3) is 0.500. The van der Waals surface area contributed by atoms with Crippen LogP contribution in [0.4, 0.5) is 8.78 Å². The Labute approximate surface area is 112 Å². The average molecular weight is 271 g/mol. The number of hydrogen-bond donors (Lipinski definition) is 1. The molecule has 1 N–H and O–H groups in total. The van der Waals surface area contributed by atoms with Crippen LogP contribution in [0.25, 0.3) is 0 Å². The maximum absolute atomic E-state index is 13.3. The van der Waals surface area contributed by atoms with Gasteiger partial charge in [-0.15, -0.1) is 0 Å². The van der Waals surface area contributed by atoms with Gasteiger partial charge in [-0.05, 0) is 37.1 Å². The SMILES string of the molecule is COC(=O)C(C)(NCC(C)C)c1cc(F)cc(F)c1. The van der Waals surface area contributed by atoms with Gasteiger partial charge in [-0.2, -0.15) is 0 Å². The molecule has 1 aromatic rings. The number of rotatable bonds is 5. The van der Waals surface area contributed by atoms with E-state index >= 15 is 0 Å². The Morgan fingerprint density at radius 2 is 1.84 bits per heavy atom. The van der Waals surface area contributed by atoms with E-state index in [9.17, 15) is 13.6 Å². The summed E-state index contributed by atoms with van der Waals surface area (Å²) in [5.74, 6) is -1.76. The predicted molar refractivity (Wildman–Crippen MR) is 68.6 cm³/mol. The van der Waals surface area contributed by atoms with Crippen molar-refractivity contribution >= 4 is 5.97 Å². The van der Waals surface area contributed by atoms with E-state index in [-0.39, 0.29) is 11.5 Å². The van der Waals surface area contributed by atoms with E-state index in [1.807, 2.05) is 13.8 Å². The molecule has 0 spiro atoms. The highest BCUT2D eigenvalue weighted by Crippen LogP contribution is 2.24. The van der Waals surface area contributed by atoms with Gasteiger partial charge < -0.3 is 4.74 Å². The third-order valence-electron chi connectivity index (χ3n) is 2.90. The molecule has 5 heteroatoms. The first-order valence-electron chi connectivity index (χ1n) is 6.09. The van der Waals surface area contributed by atoms with E-state index < -0.39 is 23.1 Å². The second kappa shape index (κ2) is 6.10. The van der Waals surface area contributed by atoms with Crippen molar-refractivity contribution in [2.24, 2.45) is 5.92 Å². The van der Waals surface area contributed by atoms with Gasteiger partial charge >= 0.3 is 5.97 Å². The second-order valence-corrected chi connectivity index (χ2v) is 5.05. The van der Waals surface area contributed by atoms with Crippen LogP contribution in [0.2, 0.25) is 0 Å². The Morgan fingerprint density at radius 1 is 1.32 bits per heavy atom. The van der Waals surface area contributed by atoms with Crippen LogP contribution in [0, 0.1) is 17.6 Å². The smallest absolute Gasteiger partial charge is 0.330 e. The summed E-state index contributed by atoms with van der Waals surface area (Å²) >= 11 is 0. The summed E-state index contributed by atoms with van der Waals surface area (Å²) in [7, 11) is 1.24. The molecule has 1 aromatic carbocycles. The Balaban J connectivity index is 3.18. The first-order valence-corrected chi connectivity index (χ1v) is 6.09. The third-order valence-corrected chi connectivity index (χ3v) is 2.90. The zero-order valence-corrected chi connectivity index (χ0v) is 11.6. The lowest BCUT2D eigenvalue weighted by molar-refractivity contribution is -0.148. The van der Waals surface area contributed by atoms with Crippen LogP contribution in [0.5, 0.6) is 0 Å². The molecule has 0 saturated heterocycles. The first-order chi connectivity index (χ1) is 8.79. The molecule has 19 heavy (non-hydrogen) atoms. The zero-order chi connectivity index (χ0) is 14.6. The molecule has 0 radical (unpaired) electrons. The molecule has 1 rings (SSSR count). The topological polar surface area (TPSA) is 38.3 Å². The van der Waals surface area contributed by atoms with Crippen LogP contribution in [0.3, 0.4) is 0 Å². The number of carbonyl (C=O) groups excluding carboxylic acids is 1. The number of benzene rings is 1. The normalized spacial score (nSPS) is 14.3. The van der Waals surface area contributed by atoms with E-state index in [1.165, 1.54) is 7.11 Å². The number of carbonyl (C=O) groups is 1. The van der Waals surface area contributed by atoms with Gasteiger partial charge in [0.05, 0.1) is 7.11 Å². The fourth-order valence-electron chi connectivity index (χ4n) is 1.75. The van der Waals surface area contributed by atoms with Crippen LogP contribution in [0.1, 0.15) is 26.3 Å². The Morgan fingerprint density at radius 3 is 2.26 bits per heavy atom. The van der Waals surface area contributed by atoms with Crippen molar-refractivity contribution in [3.8, 4) is 0 Å². The Kier molecular flexibility index (Phi) is 5.00. The summed E-state index contributed by atoms with van der Waals surface area (Å²) in [5.41, 5.74) is -1.07. The van der Waals surface area contributed by atoms with E-state index in [1.54, 1.807) is 6.92 Å². The van der Waals surface area contributed by atoms with Gasteiger partial charge in [-0.3, -0.25) is 5.32 Å². The van der Waals surface area contributed by atoms with Gasteiger partial charge in [0.15, 0.2) is 0 Å². The second-order valence-electron chi connectivity index (χ2n) is 5.05. The molecule has 106 valence electrons. The number of hydrogen-bond acceptors (Lipinski definition) is 3.